The molecule has 1 saturated carbocycles. The van der Waals surface area contributed by atoms with E-state index in [9.17, 15) is 9.59 Å². The molecule has 0 N–H and O–H groups in total. The van der Waals surface area contributed by atoms with E-state index in [2.05, 4.69) is 11.3 Å². The van der Waals surface area contributed by atoms with E-state index in [0.717, 1.165) is 23.0 Å². The van der Waals surface area contributed by atoms with E-state index in [1.165, 1.54) is 23.7 Å². The summed E-state index contributed by atoms with van der Waals surface area (Å²) in [5.41, 5.74) is 1.48. The van der Waals surface area contributed by atoms with E-state index in [0.29, 0.717) is 42.1 Å². The lowest BCUT2D eigenvalue weighted by molar-refractivity contribution is 0.00463. The van der Waals surface area contributed by atoms with Crippen LogP contribution in [0.5, 0.6) is 0 Å². The molecular weight excluding hydrogens is 485 g/mol. The van der Waals surface area contributed by atoms with Gasteiger partial charge in [-0.3, -0.25) is 23.6 Å². The van der Waals surface area contributed by atoms with Gasteiger partial charge >= 0.3 is 5.69 Å². The van der Waals surface area contributed by atoms with Crippen molar-refractivity contribution in [2.75, 3.05) is 6.61 Å². The van der Waals surface area contributed by atoms with Crippen molar-refractivity contribution in [3.63, 3.8) is 0 Å². The van der Waals surface area contributed by atoms with Crippen molar-refractivity contribution in [3.8, 4) is 11.3 Å². The molecule has 1 aromatic carbocycles. The molecule has 1 aliphatic heterocycles. The number of aryl methyl sites for hydroxylation is 1. The van der Waals surface area contributed by atoms with Crippen LogP contribution in [-0.2, 0) is 18.8 Å². The van der Waals surface area contributed by atoms with Crippen molar-refractivity contribution >= 4 is 22.5 Å². The van der Waals surface area contributed by atoms with Gasteiger partial charge in [-0.2, -0.15) is 5.10 Å². The van der Waals surface area contributed by atoms with Crippen LogP contribution >= 0.6 is 11.6 Å². The maximum absolute atomic E-state index is 15.1. The zero-order valence-corrected chi connectivity index (χ0v) is 20.7. The highest BCUT2D eigenvalue weighted by atomic mass is 35.5. The lowest BCUT2D eigenvalue weighted by Gasteiger charge is -2.29. The highest BCUT2D eigenvalue weighted by molar-refractivity contribution is 6.30. The molecule has 0 spiro atoms. The minimum absolute atomic E-state index is 0.0199. The summed E-state index contributed by atoms with van der Waals surface area (Å²) in [4.78, 5) is 30.8. The molecule has 2 fully saturated rings. The molecule has 36 heavy (non-hydrogen) atoms. The van der Waals surface area contributed by atoms with Crippen molar-refractivity contribution in [1.29, 1.82) is 0 Å². The van der Waals surface area contributed by atoms with Gasteiger partial charge in [0.2, 0.25) is 0 Å². The maximum Gasteiger partial charge on any atom is 0.331 e. The predicted octanol–water partition coefficient (Wildman–Crippen LogP) is 4.26. The van der Waals surface area contributed by atoms with Gasteiger partial charge in [-0.15, -0.1) is 0 Å². The Hall–Kier alpha value is -3.30. The Bertz CT molecular complexity index is 1620. The van der Waals surface area contributed by atoms with Crippen molar-refractivity contribution in [1.82, 2.24) is 23.9 Å². The van der Waals surface area contributed by atoms with Gasteiger partial charge in [0.1, 0.15) is 5.82 Å². The molecule has 4 aromatic rings. The van der Waals surface area contributed by atoms with E-state index in [-0.39, 0.29) is 28.3 Å². The average Bonchev–Trinajstić information content (AvgIpc) is 3.61. The van der Waals surface area contributed by atoms with E-state index in [4.69, 9.17) is 21.3 Å². The highest BCUT2D eigenvalue weighted by Gasteiger charge is 2.31. The molecule has 0 unspecified atom stereocenters. The Labute approximate surface area is 210 Å². The zero-order valence-electron chi connectivity index (χ0n) is 19.9. The van der Waals surface area contributed by atoms with E-state index < -0.39 is 17.1 Å². The van der Waals surface area contributed by atoms with Crippen LogP contribution in [0.4, 0.5) is 4.39 Å². The number of halogens is 2. The zero-order chi connectivity index (χ0) is 25.1. The molecule has 186 valence electrons. The number of rotatable bonds is 4. The second kappa shape index (κ2) is 8.67. The van der Waals surface area contributed by atoms with Crippen LogP contribution < -0.4 is 11.2 Å². The van der Waals surface area contributed by atoms with Gasteiger partial charge in [0.15, 0.2) is 0 Å². The average molecular weight is 510 g/mol. The summed E-state index contributed by atoms with van der Waals surface area (Å²) in [6.07, 6.45) is 7.43. The van der Waals surface area contributed by atoms with Crippen LogP contribution in [0.25, 0.3) is 22.2 Å². The van der Waals surface area contributed by atoms with Crippen LogP contribution in [0.2, 0.25) is 5.02 Å². The van der Waals surface area contributed by atoms with Crippen LogP contribution in [-0.4, -0.2) is 30.5 Å². The molecule has 4 heterocycles. The number of pyridine rings is 1. The van der Waals surface area contributed by atoms with Crippen LogP contribution in [0.1, 0.15) is 55.0 Å². The van der Waals surface area contributed by atoms with Gasteiger partial charge in [0.05, 0.1) is 34.9 Å². The molecule has 2 aliphatic rings. The summed E-state index contributed by atoms with van der Waals surface area (Å²) in [6.45, 7) is 0.527. The minimum Gasteiger partial charge on any atom is -0.373 e. The highest BCUT2D eigenvalue weighted by Crippen LogP contribution is 2.40. The number of benzene rings is 1. The SMILES string of the molecule is Cn1c(=O)c2cc([C@@H]3CCO[C@H](c4cnn(C5CC5)c4)C3)nc(-c3ccc(Cl)cc3F)c2n(C)c1=O. The van der Waals surface area contributed by atoms with E-state index in [1.54, 1.807) is 19.2 Å². The van der Waals surface area contributed by atoms with Crippen molar-refractivity contribution in [2.45, 2.75) is 43.7 Å². The summed E-state index contributed by atoms with van der Waals surface area (Å²) in [7, 11) is 3.00. The summed E-state index contributed by atoms with van der Waals surface area (Å²) in [6, 6.07) is 6.54. The Morgan fingerprint density at radius 3 is 2.67 bits per heavy atom. The third-order valence-corrected chi connectivity index (χ3v) is 7.49. The first kappa shape index (κ1) is 23.1. The molecule has 0 bridgehead atoms. The molecule has 0 radical (unpaired) electrons. The van der Waals surface area contributed by atoms with E-state index in [1.807, 2.05) is 10.9 Å². The third kappa shape index (κ3) is 3.87. The van der Waals surface area contributed by atoms with E-state index >= 15 is 4.39 Å². The number of nitrogens with zero attached hydrogens (tertiary/aromatic N) is 5. The Morgan fingerprint density at radius 2 is 1.92 bits per heavy atom. The molecule has 8 nitrogen and oxygen atoms in total. The first-order valence-electron chi connectivity index (χ1n) is 12.0. The summed E-state index contributed by atoms with van der Waals surface area (Å²) in [5.74, 6) is -0.590. The number of fused-ring (bicyclic) bond motifs is 1. The third-order valence-electron chi connectivity index (χ3n) is 7.26. The summed E-state index contributed by atoms with van der Waals surface area (Å²) >= 11 is 5.99. The normalized spacial score (nSPS) is 20.2. The molecule has 2 atom stereocenters. The fourth-order valence-electron chi connectivity index (χ4n) is 5.08. The molecule has 6 rings (SSSR count). The standard InChI is InChI=1S/C26H25ClFN5O3/c1-31-24-19(25(34)32(2)26(31)35)11-21(30-23(24)18-6-3-16(27)10-20(18)28)14-7-8-36-22(9-14)15-12-29-33(13-15)17-4-5-17/h3,6,10-14,17,22H,4-5,7-9H2,1-2H3/t14-,22+/m1/s1. The largest absolute Gasteiger partial charge is 0.373 e. The Kier molecular flexibility index (Phi) is 5.57. The van der Waals surface area contributed by atoms with Gasteiger partial charge in [0.25, 0.3) is 5.56 Å². The number of hydrogen-bond acceptors (Lipinski definition) is 5. The number of ether oxygens (including phenoxy) is 1. The molecule has 0 amide bonds. The van der Waals surface area contributed by atoms with Crippen molar-refractivity contribution < 1.29 is 9.13 Å². The predicted molar refractivity (Wildman–Crippen MR) is 134 cm³/mol. The second-order valence-electron chi connectivity index (χ2n) is 9.69. The Morgan fingerprint density at radius 1 is 1.11 bits per heavy atom. The lowest BCUT2D eigenvalue weighted by Crippen LogP contribution is -2.37. The molecule has 3 aromatic heterocycles. The smallest absolute Gasteiger partial charge is 0.331 e. The molecular formula is C26H25ClFN5O3. The second-order valence-corrected chi connectivity index (χ2v) is 10.1. The molecule has 10 heteroatoms. The quantitative estimate of drug-likeness (QED) is 0.410. The van der Waals surface area contributed by atoms with Gasteiger partial charge < -0.3 is 4.74 Å². The number of aromatic nitrogens is 5. The van der Waals surface area contributed by atoms with Crippen molar-refractivity contribution in [2.24, 2.45) is 14.1 Å². The van der Waals surface area contributed by atoms with Crippen molar-refractivity contribution in [3.05, 3.63) is 79.6 Å². The van der Waals surface area contributed by atoms with Gasteiger partial charge in [-0.1, -0.05) is 11.6 Å². The molecule has 1 saturated heterocycles. The van der Waals surface area contributed by atoms with Gasteiger partial charge in [-0.25, -0.2) is 9.18 Å². The fourth-order valence-corrected chi connectivity index (χ4v) is 5.24. The first-order valence-corrected chi connectivity index (χ1v) is 12.4. The van der Waals surface area contributed by atoms with Crippen LogP contribution in [0.3, 0.4) is 0 Å². The topological polar surface area (TPSA) is 83.9 Å². The minimum atomic E-state index is -0.570. The maximum atomic E-state index is 15.1. The fraction of sp³-hybridized carbons (Fsp3) is 0.385. The van der Waals surface area contributed by atoms with Gasteiger partial charge in [0, 0.05) is 54.7 Å². The molecule has 1 aliphatic carbocycles. The first-order chi connectivity index (χ1) is 17.3. The number of hydrogen-bond donors (Lipinski definition) is 0. The Balaban J connectivity index is 1.49. The van der Waals surface area contributed by atoms with Crippen LogP contribution in [0, 0.1) is 5.82 Å². The summed E-state index contributed by atoms with van der Waals surface area (Å²) in [5, 5.41) is 5.06. The lowest BCUT2D eigenvalue weighted by atomic mass is 9.89. The monoisotopic (exact) mass is 509 g/mol. The summed E-state index contributed by atoms with van der Waals surface area (Å²) < 4.78 is 25.6. The van der Waals surface area contributed by atoms with Crippen LogP contribution in [0.15, 0.2) is 46.2 Å². The van der Waals surface area contributed by atoms with Gasteiger partial charge in [-0.05, 0) is 49.9 Å².